The number of esters is 1. The molecule has 1 aromatic carbocycles. The molecule has 0 fully saturated rings. The Hall–Kier alpha value is -1.65. The van der Waals surface area contributed by atoms with Crippen LogP contribution in [-0.4, -0.2) is 24.3 Å². The predicted octanol–water partition coefficient (Wildman–Crippen LogP) is 6.93. The van der Waals surface area contributed by atoms with E-state index in [-0.39, 0.29) is 22.9 Å². The zero-order valence-electron chi connectivity index (χ0n) is 20.4. The van der Waals surface area contributed by atoms with E-state index in [1.165, 1.54) is 28.7 Å². The number of rotatable bonds is 10. The molecule has 0 saturated carbocycles. The molecule has 0 radical (unpaired) electrons. The number of benzene rings is 1. The van der Waals surface area contributed by atoms with Gasteiger partial charge in [0, 0.05) is 10.3 Å². The first kappa shape index (κ1) is 25.6. The minimum atomic E-state index is -0.310. The third-order valence-corrected chi connectivity index (χ3v) is 7.91. The molecule has 1 atom stereocenters. The van der Waals surface area contributed by atoms with Crippen LogP contribution < -0.4 is 0 Å². The van der Waals surface area contributed by atoms with Gasteiger partial charge in [-0.1, -0.05) is 66.2 Å². The normalized spacial score (nSPS) is 13.3. The topological polar surface area (TPSA) is 46.5 Å². The van der Waals surface area contributed by atoms with Crippen molar-refractivity contribution in [1.29, 1.82) is 0 Å². The number of hydrogen-bond acceptors (Lipinski definition) is 4. The van der Waals surface area contributed by atoms with Crippen LogP contribution in [0.5, 0.6) is 0 Å². The molecule has 172 valence electrons. The minimum Gasteiger partial charge on any atom is -0.465 e. The smallest absolute Gasteiger partial charge is 0.348 e. The molecule has 1 heterocycles. The summed E-state index contributed by atoms with van der Waals surface area (Å²) in [6.45, 7) is 13.0. The molecule has 0 aliphatic carbocycles. The summed E-state index contributed by atoms with van der Waals surface area (Å²) in [5.74, 6) is -0.267. The third kappa shape index (κ3) is 5.78. The second kappa shape index (κ2) is 10.8. The van der Waals surface area contributed by atoms with Gasteiger partial charge < -0.3 is 9.84 Å². The van der Waals surface area contributed by atoms with Crippen LogP contribution in [-0.2, 0) is 23.0 Å². The van der Waals surface area contributed by atoms with Crippen molar-refractivity contribution in [3.8, 4) is 0 Å². The average molecular weight is 445 g/mol. The number of hydrogen-bond donors (Lipinski definition) is 1. The Morgan fingerprint density at radius 2 is 1.71 bits per heavy atom. The van der Waals surface area contributed by atoms with Crippen LogP contribution in [0.3, 0.4) is 0 Å². The van der Waals surface area contributed by atoms with Gasteiger partial charge in [0.1, 0.15) is 4.88 Å². The van der Waals surface area contributed by atoms with E-state index in [2.05, 4.69) is 65.8 Å². The maximum absolute atomic E-state index is 12.0. The van der Waals surface area contributed by atoms with E-state index in [4.69, 9.17) is 4.74 Å². The number of aryl methyl sites for hydroxylation is 2. The summed E-state index contributed by atoms with van der Waals surface area (Å²) in [6, 6.07) is 10.9. The van der Waals surface area contributed by atoms with Crippen LogP contribution in [0.25, 0.3) is 0 Å². The van der Waals surface area contributed by atoms with Crippen molar-refractivity contribution in [2.24, 2.45) is 5.41 Å². The molecule has 2 aromatic rings. The number of ether oxygens (including phenoxy) is 1. The highest BCUT2D eigenvalue weighted by Crippen LogP contribution is 2.43. The first-order valence-corrected chi connectivity index (χ1v) is 12.4. The van der Waals surface area contributed by atoms with Crippen molar-refractivity contribution >= 4 is 17.3 Å². The second-order valence-corrected chi connectivity index (χ2v) is 10.7. The highest BCUT2D eigenvalue weighted by atomic mass is 32.1. The van der Waals surface area contributed by atoms with Crippen LogP contribution in [0.1, 0.15) is 98.5 Å². The summed E-state index contributed by atoms with van der Waals surface area (Å²) in [7, 11) is 1.43. The lowest BCUT2D eigenvalue weighted by Gasteiger charge is -2.32. The molecular weight excluding hydrogens is 404 g/mol. The van der Waals surface area contributed by atoms with E-state index in [0.717, 1.165) is 38.5 Å². The van der Waals surface area contributed by atoms with Gasteiger partial charge in [0.2, 0.25) is 0 Å². The fourth-order valence-electron chi connectivity index (χ4n) is 4.35. The Morgan fingerprint density at radius 1 is 1.03 bits per heavy atom. The number of carbonyl (C=O) groups is 1. The molecule has 1 aromatic heterocycles. The quantitative estimate of drug-likeness (QED) is 0.404. The fraction of sp³-hybridized carbons (Fsp3) is 0.593. The van der Waals surface area contributed by atoms with Gasteiger partial charge in [0.05, 0.1) is 13.2 Å². The van der Waals surface area contributed by atoms with Gasteiger partial charge in [-0.3, -0.25) is 0 Å². The van der Waals surface area contributed by atoms with Crippen LogP contribution in [0, 0.1) is 5.41 Å². The summed E-state index contributed by atoms with van der Waals surface area (Å²) in [5.41, 5.74) is 3.84. The van der Waals surface area contributed by atoms with E-state index in [1.54, 1.807) is 11.3 Å². The third-order valence-electron chi connectivity index (χ3n) is 6.64. The molecule has 0 aliphatic heterocycles. The van der Waals surface area contributed by atoms with Gasteiger partial charge in [-0.05, 0) is 66.3 Å². The van der Waals surface area contributed by atoms with Gasteiger partial charge in [-0.15, -0.1) is 11.3 Å². The summed E-state index contributed by atoms with van der Waals surface area (Å²) in [5, 5.41) is 10.5. The molecule has 31 heavy (non-hydrogen) atoms. The molecule has 4 heteroatoms. The Balaban J connectivity index is 2.43. The predicted molar refractivity (Wildman–Crippen MR) is 131 cm³/mol. The van der Waals surface area contributed by atoms with Crippen molar-refractivity contribution < 1.29 is 14.6 Å². The van der Waals surface area contributed by atoms with Gasteiger partial charge in [0.15, 0.2) is 0 Å². The SMILES string of the molecule is CCCc1cc(C(CC)(CC)c2ccc(C(=O)OC)s2)ccc1CCC(O)C(C)(C)C. The molecule has 0 amide bonds. The highest BCUT2D eigenvalue weighted by molar-refractivity contribution is 7.14. The Morgan fingerprint density at radius 3 is 2.26 bits per heavy atom. The van der Waals surface area contributed by atoms with E-state index in [1.807, 2.05) is 6.07 Å². The van der Waals surface area contributed by atoms with Gasteiger partial charge >= 0.3 is 5.97 Å². The zero-order valence-corrected chi connectivity index (χ0v) is 21.2. The molecule has 1 N–H and O–H groups in total. The minimum absolute atomic E-state index is 0.0963. The lowest BCUT2D eigenvalue weighted by molar-refractivity contribution is 0.0559. The Kier molecular flexibility index (Phi) is 8.91. The van der Waals surface area contributed by atoms with Crippen molar-refractivity contribution in [1.82, 2.24) is 0 Å². The lowest BCUT2D eigenvalue weighted by Crippen LogP contribution is -2.27. The molecule has 3 nitrogen and oxygen atoms in total. The molecule has 0 spiro atoms. The van der Waals surface area contributed by atoms with Gasteiger partial charge in [-0.25, -0.2) is 4.79 Å². The number of aliphatic hydroxyl groups is 1. The lowest BCUT2D eigenvalue weighted by atomic mass is 9.73. The van der Waals surface area contributed by atoms with Crippen LogP contribution >= 0.6 is 11.3 Å². The monoisotopic (exact) mass is 444 g/mol. The summed E-state index contributed by atoms with van der Waals surface area (Å²) in [6.07, 6.45) is 5.43. The van der Waals surface area contributed by atoms with E-state index >= 15 is 0 Å². The Labute approximate surface area is 192 Å². The van der Waals surface area contributed by atoms with Crippen molar-refractivity contribution in [3.05, 3.63) is 56.8 Å². The van der Waals surface area contributed by atoms with Crippen LogP contribution in [0.2, 0.25) is 0 Å². The number of methoxy groups -OCH3 is 1. The summed E-state index contributed by atoms with van der Waals surface area (Å²) in [4.78, 5) is 13.9. The molecule has 0 bridgehead atoms. The van der Waals surface area contributed by atoms with Crippen LogP contribution in [0.15, 0.2) is 30.3 Å². The Bertz CT molecular complexity index is 856. The highest BCUT2D eigenvalue weighted by Gasteiger charge is 2.33. The van der Waals surface area contributed by atoms with Gasteiger partial charge in [0.25, 0.3) is 0 Å². The largest absolute Gasteiger partial charge is 0.465 e. The number of thiophene rings is 1. The van der Waals surface area contributed by atoms with E-state index < -0.39 is 0 Å². The van der Waals surface area contributed by atoms with Crippen molar-refractivity contribution in [3.63, 3.8) is 0 Å². The second-order valence-electron chi connectivity index (χ2n) is 9.60. The molecule has 0 aliphatic rings. The van der Waals surface area contributed by atoms with Gasteiger partial charge in [-0.2, -0.15) is 0 Å². The molecule has 1 unspecified atom stereocenters. The standard InChI is InChI=1S/C27H40O3S/c1-8-11-20-18-21(14-12-19(20)13-16-23(28)26(4,5)6)27(9-2,10-3)24-17-15-22(31-24)25(29)30-7/h12,14-15,17-18,23,28H,8-11,13,16H2,1-7H3. The van der Waals surface area contributed by atoms with E-state index in [9.17, 15) is 9.90 Å². The first-order valence-electron chi connectivity index (χ1n) is 11.6. The summed E-state index contributed by atoms with van der Waals surface area (Å²) < 4.78 is 4.92. The maximum Gasteiger partial charge on any atom is 0.348 e. The van der Waals surface area contributed by atoms with E-state index in [0.29, 0.717) is 4.88 Å². The van der Waals surface area contributed by atoms with Crippen molar-refractivity contribution in [2.75, 3.05) is 7.11 Å². The first-order chi connectivity index (χ1) is 14.6. The molecule has 0 saturated heterocycles. The number of carbonyl (C=O) groups excluding carboxylic acids is 1. The zero-order chi connectivity index (χ0) is 23.2. The summed E-state index contributed by atoms with van der Waals surface area (Å²) >= 11 is 1.55. The van der Waals surface area contributed by atoms with Crippen LogP contribution in [0.4, 0.5) is 0 Å². The maximum atomic E-state index is 12.0. The number of aliphatic hydroxyl groups excluding tert-OH is 1. The fourth-order valence-corrected chi connectivity index (χ4v) is 5.63. The van der Waals surface area contributed by atoms with Crippen molar-refractivity contribution in [2.45, 2.75) is 91.6 Å². The molecular formula is C27H40O3S. The molecule has 2 rings (SSSR count). The average Bonchev–Trinajstić information content (AvgIpc) is 3.24.